The molecule has 4 unspecified atom stereocenters. The normalized spacial score (nSPS) is 46.6. The van der Waals surface area contributed by atoms with Crippen LogP contribution in [0.4, 0.5) is 0 Å². The maximum atomic E-state index is 13.2. The van der Waals surface area contributed by atoms with Crippen LogP contribution in [-0.4, -0.2) is 36.6 Å². The maximum absolute atomic E-state index is 13.2. The van der Waals surface area contributed by atoms with Crippen molar-refractivity contribution in [2.75, 3.05) is 19.6 Å². The minimum atomic E-state index is 0.116. The second kappa shape index (κ2) is 10.5. The van der Waals surface area contributed by atoms with Crippen LogP contribution in [0, 0.1) is 58.2 Å². The fourth-order valence-corrected chi connectivity index (χ4v) is 11.2. The van der Waals surface area contributed by atoms with Gasteiger partial charge in [-0.1, -0.05) is 65.5 Å². The Balaban J connectivity index is 1.10. The topological polar surface area (TPSA) is 29.5 Å². The molecule has 7 aliphatic rings. The number of nitrogens with zero attached hydrogens (tertiary/aromatic N) is 1. The lowest BCUT2D eigenvalue weighted by atomic mass is 9.47. The van der Waals surface area contributed by atoms with Gasteiger partial charge in [-0.3, -0.25) is 4.79 Å². The van der Waals surface area contributed by atoms with Gasteiger partial charge in [0.15, 0.2) is 0 Å². The molecule has 214 valence electrons. The summed E-state index contributed by atoms with van der Waals surface area (Å²) in [5.74, 6) is 6.11. The smallest absolute Gasteiger partial charge is 0.310 e. The lowest BCUT2D eigenvalue weighted by molar-refractivity contribution is -0.163. The van der Waals surface area contributed by atoms with Gasteiger partial charge in [0, 0.05) is 13.0 Å². The van der Waals surface area contributed by atoms with Crippen LogP contribution in [0.15, 0.2) is 11.6 Å². The van der Waals surface area contributed by atoms with E-state index in [1.807, 2.05) is 0 Å². The van der Waals surface area contributed by atoms with E-state index in [4.69, 9.17) is 4.74 Å². The van der Waals surface area contributed by atoms with Gasteiger partial charge in [0.2, 0.25) is 0 Å². The molecule has 4 aliphatic carbocycles. The molecule has 0 aromatic carbocycles. The van der Waals surface area contributed by atoms with Crippen molar-refractivity contribution in [3.05, 3.63) is 11.6 Å². The first-order chi connectivity index (χ1) is 18.2. The summed E-state index contributed by atoms with van der Waals surface area (Å²) in [5.41, 5.74) is 2.54. The number of esters is 1. The fourth-order valence-electron chi connectivity index (χ4n) is 11.2. The third kappa shape index (κ3) is 4.73. The first kappa shape index (κ1) is 27.3. The highest BCUT2D eigenvalue weighted by molar-refractivity contribution is 5.73. The fraction of sp³-hybridized carbons (Fsp3) is 0.914. The summed E-state index contributed by atoms with van der Waals surface area (Å²) in [7, 11) is 0. The zero-order valence-corrected chi connectivity index (χ0v) is 25.4. The zero-order valence-electron chi connectivity index (χ0n) is 25.4. The molecular weight excluding hydrogens is 466 g/mol. The average molecular weight is 524 g/mol. The van der Waals surface area contributed by atoms with Gasteiger partial charge in [0.1, 0.15) is 6.10 Å². The van der Waals surface area contributed by atoms with Crippen molar-refractivity contribution < 1.29 is 9.53 Å². The molecule has 0 aromatic rings. The number of fused-ring (bicyclic) bond motifs is 8. The van der Waals surface area contributed by atoms with E-state index in [9.17, 15) is 4.79 Å². The Kier molecular flexibility index (Phi) is 7.58. The number of piperidine rings is 3. The lowest BCUT2D eigenvalue weighted by Gasteiger charge is -2.58. The minimum Gasteiger partial charge on any atom is -0.462 e. The van der Waals surface area contributed by atoms with Crippen LogP contribution in [0.3, 0.4) is 0 Å². The Morgan fingerprint density at radius 1 is 1.00 bits per heavy atom. The van der Waals surface area contributed by atoms with Gasteiger partial charge >= 0.3 is 5.97 Å². The van der Waals surface area contributed by atoms with Crippen molar-refractivity contribution in [3.8, 4) is 0 Å². The molecule has 3 aliphatic heterocycles. The Morgan fingerprint density at radius 3 is 2.50 bits per heavy atom. The average Bonchev–Trinajstić information content (AvgIpc) is 3.26. The molecule has 3 heterocycles. The van der Waals surface area contributed by atoms with E-state index >= 15 is 0 Å². The molecule has 3 heteroatoms. The molecule has 0 aromatic heterocycles. The number of hydrogen-bond donors (Lipinski definition) is 0. The second-order valence-corrected chi connectivity index (χ2v) is 15.8. The highest BCUT2D eigenvalue weighted by Crippen LogP contribution is 2.67. The lowest BCUT2D eigenvalue weighted by Crippen LogP contribution is -2.52. The molecule has 9 atom stereocenters. The highest BCUT2D eigenvalue weighted by Gasteiger charge is 2.59. The largest absolute Gasteiger partial charge is 0.462 e. The van der Waals surface area contributed by atoms with Crippen molar-refractivity contribution in [1.29, 1.82) is 0 Å². The van der Waals surface area contributed by atoms with E-state index in [1.165, 1.54) is 83.7 Å². The van der Waals surface area contributed by atoms with E-state index in [0.717, 1.165) is 54.9 Å². The molecule has 3 saturated heterocycles. The van der Waals surface area contributed by atoms with Crippen molar-refractivity contribution >= 4 is 5.97 Å². The van der Waals surface area contributed by atoms with E-state index in [1.54, 1.807) is 5.57 Å². The van der Waals surface area contributed by atoms with Gasteiger partial charge in [0.25, 0.3) is 0 Å². The molecule has 3 nitrogen and oxygen atoms in total. The number of ether oxygens (including phenoxy) is 1. The minimum absolute atomic E-state index is 0.116. The molecular formula is C35H57NO2. The van der Waals surface area contributed by atoms with E-state index in [2.05, 4.69) is 45.6 Å². The van der Waals surface area contributed by atoms with Crippen molar-refractivity contribution in [3.63, 3.8) is 0 Å². The van der Waals surface area contributed by atoms with Crippen LogP contribution in [0.1, 0.15) is 118 Å². The monoisotopic (exact) mass is 523 g/mol. The molecule has 7 rings (SSSR count). The third-order valence-electron chi connectivity index (χ3n) is 13.5. The molecule has 0 spiro atoms. The zero-order chi connectivity index (χ0) is 26.7. The summed E-state index contributed by atoms with van der Waals surface area (Å²) in [4.78, 5) is 15.7. The quantitative estimate of drug-likeness (QED) is 0.248. The molecule has 6 fully saturated rings. The van der Waals surface area contributed by atoms with Crippen LogP contribution in [0.5, 0.6) is 0 Å². The van der Waals surface area contributed by atoms with Crippen LogP contribution >= 0.6 is 0 Å². The molecule has 3 saturated carbocycles. The number of rotatable bonds is 7. The van der Waals surface area contributed by atoms with E-state index in [-0.39, 0.29) is 18.0 Å². The van der Waals surface area contributed by atoms with Gasteiger partial charge in [-0.05, 0) is 123 Å². The number of hydrogen-bond acceptors (Lipinski definition) is 3. The summed E-state index contributed by atoms with van der Waals surface area (Å²) in [6.45, 7) is 16.0. The van der Waals surface area contributed by atoms with Crippen molar-refractivity contribution in [1.82, 2.24) is 4.90 Å². The van der Waals surface area contributed by atoms with Gasteiger partial charge in [0.05, 0.1) is 5.92 Å². The van der Waals surface area contributed by atoms with Crippen LogP contribution in [0.25, 0.3) is 0 Å². The van der Waals surface area contributed by atoms with Gasteiger partial charge in [-0.25, -0.2) is 0 Å². The van der Waals surface area contributed by atoms with Gasteiger partial charge in [-0.2, -0.15) is 0 Å². The second-order valence-electron chi connectivity index (χ2n) is 15.8. The summed E-state index contributed by atoms with van der Waals surface area (Å²) in [6.07, 6.45) is 19.8. The first-order valence-corrected chi connectivity index (χ1v) is 16.8. The van der Waals surface area contributed by atoms with Crippen LogP contribution in [-0.2, 0) is 9.53 Å². The molecule has 0 amide bonds. The van der Waals surface area contributed by atoms with Crippen LogP contribution < -0.4 is 0 Å². The Hall–Kier alpha value is -0.830. The standard InChI is InChI=1S/C35H57NO2/c1-23(2)7-6-8-24(3)30-11-12-31-28-10-9-26-21-27(13-17-34(26,4)32(28)14-18-35(30,31)5)38-33(37)29-22-36-19-15-25(29)16-20-36/h9,23-25,27-32H,6-8,10-22H2,1-5H3/t24-,27+,28+,29?,30?,31?,32?,34+,35-/m1/s1. The molecule has 0 radical (unpaired) electrons. The number of carbonyl (C=O) groups excluding carboxylic acids is 1. The molecule has 0 N–H and O–H groups in total. The Morgan fingerprint density at radius 2 is 1.79 bits per heavy atom. The Labute approximate surface area is 233 Å². The third-order valence-corrected chi connectivity index (χ3v) is 13.5. The van der Waals surface area contributed by atoms with Crippen LogP contribution in [0.2, 0.25) is 0 Å². The van der Waals surface area contributed by atoms with Gasteiger partial charge in [-0.15, -0.1) is 0 Å². The molecule has 2 bridgehead atoms. The summed E-state index contributed by atoms with van der Waals surface area (Å²) >= 11 is 0. The highest BCUT2D eigenvalue weighted by atomic mass is 16.5. The SMILES string of the molecule is CC(C)CCC[C@@H](C)C1CCC2[C@@H]3CC=C4C[C@@H](OC(=O)C5CN6CCC5CC6)CC[C@]4(C)C3CC[C@@]21C. The number of allylic oxidation sites excluding steroid dienone is 1. The maximum Gasteiger partial charge on any atom is 0.310 e. The Bertz CT molecular complexity index is 902. The van der Waals surface area contributed by atoms with Crippen molar-refractivity contribution in [2.45, 2.75) is 124 Å². The van der Waals surface area contributed by atoms with E-state index in [0.29, 0.717) is 16.7 Å². The molecule has 38 heavy (non-hydrogen) atoms. The predicted octanol–water partition coefficient (Wildman–Crippen LogP) is 8.28. The summed E-state index contributed by atoms with van der Waals surface area (Å²) in [6, 6.07) is 0. The number of carbonyl (C=O) groups is 1. The van der Waals surface area contributed by atoms with Gasteiger partial charge < -0.3 is 9.64 Å². The first-order valence-electron chi connectivity index (χ1n) is 16.8. The predicted molar refractivity (Wildman–Crippen MR) is 156 cm³/mol. The van der Waals surface area contributed by atoms with Crippen molar-refractivity contribution in [2.24, 2.45) is 58.2 Å². The summed E-state index contributed by atoms with van der Waals surface area (Å²) < 4.78 is 6.28. The van der Waals surface area contributed by atoms with E-state index < -0.39 is 0 Å². The summed E-state index contributed by atoms with van der Waals surface area (Å²) in [5, 5.41) is 0.